The van der Waals surface area contributed by atoms with Gasteiger partial charge in [-0.1, -0.05) is 24.3 Å². The number of aryl methyl sites for hydroxylation is 1. The molecule has 0 saturated heterocycles. The van der Waals surface area contributed by atoms with Gasteiger partial charge in [-0.2, -0.15) is 0 Å². The van der Waals surface area contributed by atoms with Crippen LogP contribution < -0.4 is 10.6 Å². The molecule has 198 valence electrons. The SMILES string of the molecule is CCOC(=O)c1c(NC(=O)CSc2cccc(NC(=O)c3ccccc3C)c2)sc2c1CCN(C(C)=O)C2. The van der Waals surface area contributed by atoms with Crippen LogP contribution in [0.5, 0.6) is 0 Å². The molecule has 0 radical (unpaired) electrons. The number of rotatable bonds is 8. The molecule has 10 heteroatoms. The Morgan fingerprint density at radius 1 is 1.08 bits per heavy atom. The number of esters is 1. The quantitative estimate of drug-likeness (QED) is 0.297. The molecule has 0 fully saturated rings. The number of carbonyl (C=O) groups excluding carboxylic acids is 4. The van der Waals surface area contributed by atoms with Crippen molar-refractivity contribution in [3.63, 3.8) is 0 Å². The van der Waals surface area contributed by atoms with E-state index in [9.17, 15) is 19.2 Å². The zero-order valence-corrected chi connectivity index (χ0v) is 23.1. The first-order valence-electron chi connectivity index (χ1n) is 12.2. The number of anilines is 2. The van der Waals surface area contributed by atoms with Crippen LogP contribution in [0.2, 0.25) is 0 Å². The second kappa shape index (κ2) is 12.3. The molecule has 2 heterocycles. The van der Waals surface area contributed by atoms with Gasteiger partial charge in [-0.15, -0.1) is 23.1 Å². The van der Waals surface area contributed by atoms with E-state index in [1.54, 1.807) is 24.0 Å². The maximum Gasteiger partial charge on any atom is 0.341 e. The summed E-state index contributed by atoms with van der Waals surface area (Å²) in [5.74, 6) is -0.849. The van der Waals surface area contributed by atoms with Gasteiger partial charge in [-0.05, 0) is 55.7 Å². The van der Waals surface area contributed by atoms with Crippen LogP contribution in [0.25, 0.3) is 0 Å². The molecular weight excluding hydrogens is 522 g/mol. The molecule has 2 N–H and O–H groups in total. The molecule has 3 aromatic rings. The van der Waals surface area contributed by atoms with Crippen LogP contribution in [0.3, 0.4) is 0 Å². The van der Waals surface area contributed by atoms with Crippen molar-refractivity contribution < 1.29 is 23.9 Å². The average Bonchev–Trinajstić information content (AvgIpc) is 3.25. The molecule has 0 saturated carbocycles. The van der Waals surface area contributed by atoms with Crippen molar-refractivity contribution >= 4 is 57.5 Å². The predicted molar refractivity (Wildman–Crippen MR) is 150 cm³/mol. The summed E-state index contributed by atoms with van der Waals surface area (Å²) in [6.07, 6.45) is 0.533. The average molecular weight is 552 g/mol. The largest absolute Gasteiger partial charge is 0.462 e. The first-order valence-corrected chi connectivity index (χ1v) is 14.0. The van der Waals surface area contributed by atoms with Crippen molar-refractivity contribution in [3.8, 4) is 0 Å². The smallest absolute Gasteiger partial charge is 0.341 e. The molecule has 0 atom stereocenters. The number of ether oxygens (including phenoxy) is 1. The summed E-state index contributed by atoms with van der Waals surface area (Å²) in [6, 6.07) is 14.7. The third-order valence-corrected chi connectivity index (χ3v) is 8.21. The molecule has 0 spiro atoms. The van der Waals surface area contributed by atoms with E-state index in [4.69, 9.17) is 4.74 Å². The molecular formula is C28H29N3O5S2. The molecule has 0 unspecified atom stereocenters. The first kappa shape index (κ1) is 27.4. The highest BCUT2D eigenvalue weighted by Gasteiger charge is 2.30. The highest BCUT2D eigenvalue weighted by atomic mass is 32.2. The van der Waals surface area contributed by atoms with Gasteiger partial charge in [0.05, 0.1) is 24.5 Å². The fourth-order valence-corrected chi connectivity index (χ4v) is 6.20. The molecule has 0 aliphatic carbocycles. The molecule has 2 aromatic carbocycles. The minimum absolute atomic E-state index is 0.0268. The van der Waals surface area contributed by atoms with E-state index in [2.05, 4.69) is 10.6 Å². The minimum atomic E-state index is -0.471. The Hall–Kier alpha value is -3.63. The van der Waals surface area contributed by atoms with Crippen LogP contribution in [0, 0.1) is 6.92 Å². The van der Waals surface area contributed by atoms with Crippen LogP contribution in [0.1, 0.15) is 50.6 Å². The summed E-state index contributed by atoms with van der Waals surface area (Å²) in [7, 11) is 0. The van der Waals surface area contributed by atoms with Gasteiger partial charge in [0.2, 0.25) is 11.8 Å². The Morgan fingerprint density at radius 2 is 1.87 bits per heavy atom. The van der Waals surface area contributed by atoms with Gasteiger partial charge >= 0.3 is 5.97 Å². The van der Waals surface area contributed by atoms with Crippen LogP contribution in [0.4, 0.5) is 10.7 Å². The lowest BCUT2D eigenvalue weighted by molar-refractivity contribution is -0.129. The number of benzene rings is 2. The second-order valence-corrected chi connectivity index (χ2v) is 10.9. The summed E-state index contributed by atoms with van der Waals surface area (Å²) >= 11 is 2.64. The van der Waals surface area contributed by atoms with Crippen molar-refractivity contribution in [2.75, 3.05) is 29.5 Å². The van der Waals surface area contributed by atoms with E-state index in [1.807, 2.05) is 43.3 Å². The van der Waals surface area contributed by atoms with Gasteiger partial charge in [0.25, 0.3) is 5.91 Å². The summed E-state index contributed by atoms with van der Waals surface area (Å²) in [5, 5.41) is 6.24. The normalized spacial score (nSPS) is 12.4. The van der Waals surface area contributed by atoms with E-state index in [-0.39, 0.29) is 30.1 Å². The minimum Gasteiger partial charge on any atom is -0.462 e. The van der Waals surface area contributed by atoms with Gasteiger partial charge < -0.3 is 20.3 Å². The Bertz CT molecular complexity index is 1380. The zero-order valence-electron chi connectivity index (χ0n) is 21.5. The fraction of sp³-hybridized carbons (Fsp3) is 0.286. The lowest BCUT2D eigenvalue weighted by Gasteiger charge is -2.25. The van der Waals surface area contributed by atoms with Crippen LogP contribution in [-0.4, -0.2) is 47.5 Å². The molecule has 0 bridgehead atoms. The molecule has 1 aliphatic rings. The number of fused-ring (bicyclic) bond motifs is 1. The Labute approximate surface area is 229 Å². The Balaban J connectivity index is 1.42. The zero-order chi connectivity index (χ0) is 27.2. The molecule has 38 heavy (non-hydrogen) atoms. The number of thiophene rings is 1. The van der Waals surface area contributed by atoms with Crippen molar-refractivity contribution in [2.24, 2.45) is 0 Å². The van der Waals surface area contributed by atoms with Gasteiger partial charge in [-0.3, -0.25) is 14.4 Å². The van der Waals surface area contributed by atoms with Crippen molar-refractivity contribution in [1.29, 1.82) is 0 Å². The highest BCUT2D eigenvalue weighted by Crippen LogP contribution is 2.38. The standard InChI is InChI=1S/C28H29N3O5S2/c1-4-36-28(35)25-22-12-13-31(18(3)32)15-23(22)38-27(25)30-24(33)16-37-20-10-7-9-19(14-20)29-26(34)21-11-6-5-8-17(21)2/h5-11,14H,4,12-13,15-16H2,1-3H3,(H,29,34)(H,30,33). The molecule has 3 amide bonds. The molecule has 1 aromatic heterocycles. The number of hydrogen-bond donors (Lipinski definition) is 2. The molecule has 1 aliphatic heterocycles. The van der Waals surface area contributed by atoms with E-state index < -0.39 is 5.97 Å². The maximum atomic E-state index is 12.9. The fourth-order valence-electron chi connectivity index (χ4n) is 4.18. The van der Waals surface area contributed by atoms with Gasteiger partial charge in [-0.25, -0.2) is 4.79 Å². The van der Waals surface area contributed by atoms with Crippen LogP contribution in [-0.2, 0) is 27.3 Å². The van der Waals surface area contributed by atoms with E-state index >= 15 is 0 Å². The van der Waals surface area contributed by atoms with Gasteiger partial charge in [0, 0.05) is 34.5 Å². The van der Waals surface area contributed by atoms with Crippen LogP contribution in [0.15, 0.2) is 53.4 Å². The predicted octanol–water partition coefficient (Wildman–Crippen LogP) is 5.12. The monoisotopic (exact) mass is 551 g/mol. The Kier molecular flexibility index (Phi) is 8.85. The number of nitrogens with one attached hydrogen (secondary N) is 2. The topological polar surface area (TPSA) is 105 Å². The lowest BCUT2D eigenvalue weighted by Crippen LogP contribution is -2.34. The number of carbonyl (C=O) groups is 4. The third-order valence-electron chi connectivity index (χ3n) is 6.09. The number of hydrogen-bond acceptors (Lipinski definition) is 7. The van der Waals surface area contributed by atoms with Crippen LogP contribution >= 0.6 is 23.1 Å². The maximum absolute atomic E-state index is 12.9. The number of amides is 3. The lowest BCUT2D eigenvalue weighted by atomic mass is 10.0. The first-order chi connectivity index (χ1) is 18.3. The molecule has 8 nitrogen and oxygen atoms in total. The summed E-state index contributed by atoms with van der Waals surface area (Å²) in [6.45, 7) is 6.30. The number of thioether (sulfide) groups is 1. The number of nitrogens with zero attached hydrogens (tertiary/aromatic N) is 1. The van der Waals surface area contributed by atoms with E-state index in [1.165, 1.54) is 30.0 Å². The van der Waals surface area contributed by atoms with Crippen molar-refractivity contribution in [3.05, 3.63) is 75.7 Å². The molecule has 4 rings (SSSR count). The van der Waals surface area contributed by atoms with E-state index in [0.29, 0.717) is 41.3 Å². The third kappa shape index (κ3) is 6.43. The second-order valence-electron chi connectivity index (χ2n) is 8.75. The van der Waals surface area contributed by atoms with Gasteiger partial charge in [0.1, 0.15) is 5.00 Å². The van der Waals surface area contributed by atoms with Crippen molar-refractivity contribution in [2.45, 2.75) is 38.6 Å². The van der Waals surface area contributed by atoms with Gasteiger partial charge in [0.15, 0.2) is 0 Å². The summed E-state index contributed by atoms with van der Waals surface area (Å²) in [4.78, 5) is 53.5. The summed E-state index contributed by atoms with van der Waals surface area (Å²) in [5.41, 5.74) is 3.35. The van der Waals surface area contributed by atoms with Crippen molar-refractivity contribution in [1.82, 2.24) is 4.90 Å². The summed E-state index contributed by atoms with van der Waals surface area (Å²) < 4.78 is 5.26. The highest BCUT2D eigenvalue weighted by molar-refractivity contribution is 8.00. The van der Waals surface area contributed by atoms with E-state index in [0.717, 1.165) is 20.9 Å². The Morgan fingerprint density at radius 3 is 2.61 bits per heavy atom.